The van der Waals surface area contributed by atoms with Crippen LogP contribution in [0.15, 0.2) is 24.3 Å². The molecule has 104 valence electrons. The number of rotatable bonds is 5. The average Bonchev–Trinajstić information content (AvgIpc) is 2.35. The SMILES string of the molecule is CC(=O)Nc1ccccc1OC(C(=O)NN)C(C)C. The van der Waals surface area contributed by atoms with E-state index in [0.29, 0.717) is 11.4 Å². The van der Waals surface area contributed by atoms with E-state index in [1.54, 1.807) is 24.3 Å². The Bertz CT molecular complexity index is 460. The van der Waals surface area contributed by atoms with Gasteiger partial charge in [0, 0.05) is 6.92 Å². The molecule has 0 aliphatic heterocycles. The van der Waals surface area contributed by atoms with Crippen molar-refractivity contribution in [3.63, 3.8) is 0 Å². The zero-order chi connectivity index (χ0) is 14.4. The summed E-state index contributed by atoms with van der Waals surface area (Å²) >= 11 is 0. The quantitative estimate of drug-likeness (QED) is 0.421. The van der Waals surface area contributed by atoms with Crippen molar-refractivity contribution in [2.75, 3.05) is 5.32 Å². The number of benzene rings is 1. The third kappa shape index (κ3) is 4.26. The van der Waals surface area contributed by atoms with Crippen molar-refractivity contribution >= 4 is 17.5 Å². The lowest BCUT2D eigenvalue weighted by molar-refractivity contribution is -0.129. The third-order valence-corrected chi connectivity index (χ3v) is 2.46. The highest BCUT2D eigenvalue weighted by Crippen LogP contribution is 2.26. The van der Waals surface area contributed by atoms with E-state index in [9.17, 15) is 9.59 Å². The van der Waals surface area contributed by atoms with Gasteiger partial charge in [-0.25, -0.2) is 5.84 Å². The van der Waals surface area contributed by atoms with Crippen LogP contribution in [0.4, 0.5) is 5.69 Å². The highest BCUT2D eigenvalue weighted by Gasteiger charge is 2.24. The third-order valence-electron chi connectivity index (χ3n) is 2.46. The van der Waals surface area contributed by atoms with Crippen molar-refractivity contribution in [3.8, 4) is 5.75 Å². The normalized spacial score (nSPS) is 11.8. The Kier molecular flexibility index (Phi) is 5.32. The van der Waals surface area contributed by atoms with E-state index >= 15 is 0 Å². The van der Waals surface area contributed by atoms with Gasteiger partial charge in [-0.3, -0.25) is 15.0 Å². The zero-order valence-electron chi connectivity index (χ0n) is 11.3. The molecule has 0 saturated heterocycles. The largest absolute Gasteiger partial charge is 0.478 e. The van der Waals surface area contributed by atoms with Gasteiger partial charge in [0.1, 0.15) is 5.75 Å². The first-order chi connectivity index (χ1) is 8.95. The van der Waals surface area contributed by atoms with E-state index < -0.39 is 12.0 Å². The molecule has 0 bridgehead atoms. The van der Waals surface area contributed by atoms with Crippen molar-refractivity contribution < 1.29 is 14.3 Å². The maximum absolute atomic E-state index is 11.6. The van der Waals surface area contributed by atoms with Gasteiger partial charge in [0.15, 0.2) is 6.10 Å². The molecule has 0 saturated carbocycles. The van der Waals surface area contributed by atoms with Crippen LogP contribution in [0, 0.1) is 5.92 Å². The Morgan fingerprint density at radius 2 is 1.89 bits per heavy atom. The minimum Gasteiger partial charge on any atom is -0.478 e. The number of amides is 2. The number of hydrogen-bond acceptors (Lipinski definition) is 4. The first kappa shape index (κ1) is 15.0. The maximum atomic E-state index is 11.6. The molecule has 19 heavy (non-hydrogen) atoms. The van der Waals surface area contributed by atoms with Crippen LogP contribution in [-0.4, -0.2) is 17.9 Å². The lowest BCUT2D eigenvalue weighted by atomic mass is 10.1. The summed E-state index contributed by atoms with van der Waals surface area (Å²) in [6, 6.07) is 6.92. The van der Waals surface area contributed by atoms with E-state index in [2.05, 4.69) is 10.7 Å². The van der Waals surface area contributed by atoms with Crippen LogP contribution in [0.5, 0.6) is 5.75 Å². The predicted molar refractivity (Wildman–Crippen MR) is 72.3 cm³/mol. The Balaban J connectivity index is 2.96. The van der Waals surface area contributed by atoms with Gasteiger partial charge in [0.25, 0.3) is 5.91 Å². The summed E-state index contributed by atoms with van der Waals surface area (Å²) in [4.78, 5) is 22.8. The number of carbonyl (C=O) groups excluding carboxylic acids is 2. The van der Waals surface area contributed by atoms with E-state index in [-0.39, 0.29) is 11.8 Å². The van der Waals surface area contributed by atoms with E-state index in [1.807, 2.05) is 13.8 Å². The molecule has 0 aliphatic carbocycles. The second-order valence-corrected chi connectivity index (χ2v) is 4.47. The van der Waals surface area contributed by atoms with Gasteiger partial charge in [0.05, 0.1) is 5.69 Å². The predicted octanol–water partition coefficient (Wildman–Crippen LogP) is 1.04. The molecule has 0 radical (unpaired) electrons. The molecule has 0 aromatic heterocycles. The summed E-state index contributed by atoms with van der Waals surface area (Å²) in [7, 11) is 0. The lowest BCUT2D eigenvalue weighted by Crippen LogP contribution is -2.44. The number of para-hydroxylation sites is 2. The molecule has 2 amide bonds. The summed E-state index contributed by atoms with van der Waals surface area (Å²) in [5.74, 6) is 4.89. The van der Waals surface area contributed by atoms with Crippen LogP contribution in [0.3, 0.4) is 0 Å². The first-order valence-electron chi connectivity index (χ1n) is 5.99. The molecule has 1 atom stereocenters. The molecule has 4 N–H and O–H groups in total. The molecular formula is C13H19N3O3. The van der Waals surface area contributed by atoms with Crippen LogP contribution in [0.1, 0.15) is 20.8 Å². The number of carbonyl (C=O) groups is 2. The van der Waals surface area contributed by atoms with E-state index in [4.69, 9.17) is 10.6 Å². The average molecular weight is 265 g/mol. The minimum atomic E-state index is -0.722. The second kappa shape index (κ2) is 6.75. The number of nitrogens with two attached hydrogens (primary N) is 1. The van der Waals surface area contributed by atoms with Gasteiger partial charge in [0.2, 0.25) is 5.91 Å². The second-order valence-electron chi connectivity index (χ2n) is 4.47. The number of anilines is 1. The molecule has 1 aromatic carbocycles. The molecule has 1 unspecified atom stereocenters. The summed E-state index contributed by atoms with van der Waals surface area (Å²) in [6.07, 6.45) is -0.722. The van der Waals surface area contributed by atoms with Crippen LogP contribution in [0.2, 0.25) is 0 Å². The van der Waals surface area contributed by atoms with Gasteiger partial charge in [-0.1, -0.05) is 26.0 Å². The van der Waals surface area contributed by atoms with Gasteiger partial charge >= 0.3 is 0 Å². The summed E-state index contributed by atoms with van der Waals surface area (Å²) in [5.41, 5.74) is 2.59. The van der Waals surface area contributed by atoms with Crippen molar-refractivity contribution in [1.29, 1.82) is 0 Å². The number of ether oxygens (including phenoxy) is 1. The van der Waals surface area contributed by atoms with Gasteiger partial charge < -0.3 is 10.1 Å². The Morgan fingerprint density at radius 1 is 1.26 bits per heavy atom. The molecule has 0 heterocycles. The molecule has 0 spiro atoms. The first-order valence-corrected chi connectivity index (χ1v) is 5.99. The molecular weight excluding hydrogens is 246 g/mol. The fourth-order valence-electron chi connectivity index (χ4n) is 1.57. The number of hydrogen-bond donors (Lipinski definition) is 3. The van der Waals surface area contributed by atoms with Gasteiger partial charge in [-0.05, 0) is 18.1 Å². The fourth-order valence-corrected chi connectivity index (χ4v) is 1.57. The minimum absolute atomic E-state index is 0.0612. The Labute approximate surface area is 112 Å². The van der Waals surface area contributed by atoms with Gasteiger partial charge in [-0.15, -0.1) is 0 Å². The smallest absolute Gasteiger partial charge is 0.275 e. The van der Waals surface area contributed by atoms with Crippen molar-refractivity contribution in [1.82, 2.24) is 5.43 Å². The Morgan fingerprint density at radius 3 is 2.42 bits per heavy atom. The number of nitrogens with one attached hydrogen (secondary N) is 2. The van der Waals surface area contributed by atoms with Crippen LogP contribution < -0.4 is 21.3 Å². The summed E-state index contributed by atoms with van der Waals surface area (Å²) < 4.78 is 5.65. The van der Waals surface area contributed by atoms with Crippen LogP contribution in [0.25, 0.3) is 0 Å². The molecule has 0 fully saturated rings. The standard InChI is InChI=1S/C13H19N3O3/c1-8(2)12(13(18)16-14)19-11-7-5-4-6-10(11)15-9(3)17/h4-8,12H,14H2,1-3H3,(H,15,17)(H,16,18). The van der Waals surface area contributed by atoms with Crippen molar-refractivity contribution in [3.05, 3.63) is 24.3 Å². The fraction of sp³-hybridized carbons (Fsp3) is 0.385. The number of hydrazine groups is 1. The van der Waals surface area contributed by atoms with Crippen molar-refractivity contribution in [2.45, 2.75) is 26.9 Å². The highest BCUT2D eigenvalue weighted by atomic mass is 16.5. The maximum Gasteiger partial charge on any atom is 0.275 e. The van der Waals surface area contributed by atoms with E-state index in [1.165, 1.54) is 6.92 Å². The summed E-state index contributed by atoms with van der Waals surface area (Å²) in [5, 5.41) is 2.65. The van der Waals surface area contributed by atoms with Crippen LogP contribution in [-0.2, 0) is 9.59 Å². The summed E-state index contributed by atoms with van der Waals surface area (Å²) in [6.45, 7) is 5.10. The lowest BCUT2D eigenvalue weighted by Gasteiger charge is -2.22. The molecule has 1 rings (SSSR count). The van der Waals surface area contributed by atoms with E-state index in [0.717, 1.165) is 0 Å². The molecule has 6 heteroatoms. The topological polar surface area (TPSA) is 93.4 Å². The van der Waals surface area contributed by atoms with Gasteiger partial charge in [-0.2, -0.15) is 0 Å². The molecule has 1 aromatic rings. The van der Waals surface area contributed by atoms with Crippen LogP contribution >= 0.6 is 0 Å². The monoisotopic (exact) mass is 265 g/mol. The Hall–Kier alpha value is -2.08. The zero-order valence-corrected chi connectivity index (χ0v) is 11.3. The molecule has 0 aliphatic rings. The van der Waals surface area contributed by atoms with Crippen molar-refractivity contribution in [2.24, 2.45) is 11.8 Å². The molecule has 6 nitrogen and oxygen atoms in total. The highest BCUT2D eigenvalue weighted by molar-refractivity contribution is 5.90.